The lowest BCUT2D eigenvalue weighted by atomic mass is 10.1. The summed E-state index contributed by atoms with van der Waals surface area (Å²) in [6, 6.07) is 8.11. The van der Waals surface area contributed by atoms with Gasteiger partial charge < -0.3 is 14.5 Å². The van der Waals surface area contributed by atoms with E-state index in [4.69, 9.17) is 4.74 Å². The van der Waals surface area contributed by atoms with E-state index in [1.54, 1.807) is 0 Å². The van der Waals surface area contributed by atoms with E-state index in [-0.39, 0.29) is 18.4 Å². The van der Waals surface area contributed by atoms with Crippen LogP contribution in [0.3, 0.4) is 0 Å². The highest BCUT2D eigenvalue weighted by Crippen LogP contribution is 2.21. The SMILES string of the molecule is COCCS(=O)(=O)NC[C@H](c1ccc(N(C)C)cc1)N(C)C. The fraction of sp³-hybridized carbons (Fsp3) is 0.600. The molecule has 7 heteroatoms. The van der Waals surface area contributed by atoms with Gasteiger partial charge in [0.05, 0.1) is 12.4 Å². The molecule has 1 N–H and O–H groups in total. The molecule has 0 amide bonds. The first-order chi connectivity index (χ1) is 10.3. The average molecular weight is 329 g/mol. The Labute approximate surface area is 134 Å². The average Bonchev–Trinajstić information content (AvgIpc) is 2.45. The number of ether oxygens (including phenoxy) is 1. The molecule has 1 aromatic rings. The van der Waals surface area contributed by atoms with Gasteiger partial charge in [0, 0.05) is 39.5 Å². The van der Waals surface area contributed by atoms with E-state index in [0.717, 1.165) is 11.3 Å². The predicted molar refractivity (Wildman–Crippen MR) is 90.9 cm³/mol. The molecule has 0 saturated heterocycles. The van der Waals surface area contributed by atoms with Crippen molar-refractivity contribution in [3.05, 3.63) is 29.8 Å². The second kappa shape index (κ2) is 8.47. The second-order valence-corrected chi connectivity index (χ2v) is 7.55. The molecule has 0 aliphatic carbocycles. The van der Waals surface area contributed by atoms with Crippen molar-refractivity contribution in [3.8, 4) is 0 Å². The minimum atomic E-state index is -3.31. The van der Waals surface area contributed by atoms with Gasteiger partial charge in [0.15, 0.2) is 0 Å². The Kier molecular flexibility index (Phi) is 7.28. The lowest BCUT2D eigenvalue weighted by molar-refractivity contribution is 0.216. The Bertz CT molecular complexity index is 542. The Morgan fingerprint density at radius 1 is 1.14 bits per heavy atom. The van der Waals surface area contributed by atoms with Crippen molar-refractivity contribution < 1.29 is 13.2 Å². The van der Waals surface area contributed by atoms with Crippen LogP contribution in [-0.2, 0) is 14.8 Å². The van der Waals surface area contributed by atoms with E-state index in [1.807, 2.05) is 62.3 Å². The van der Waals surface area contributed by atoms with E-state index in [9.17, 15) is 8.42 Å². The summed E-state index contributed by atoms with van der Waals surface area (Å²) in [4.78, 5) is 4.03. The van der Waals surface area contributed by atoms with Crippen LogP contribution < -0.4 is 9.62 Å². The molecule has 0 radical (unpaired) electrons. The summed E-state index contributed by atoms with van der Waals surface area (Å²) in [7, 11) is 6.03. The number of anilines is 1. The lowest BCUT2D eigenvalue weighted by Gasteiger charge is -2.25. The van der Waals surface area contributed by atoms with E-state index in [2.05, 4.69) is 4.72 Å². The maximum absolute atomic E-state index is 11.9. The lowest BCUT2D eigenvalue weighted by Crippen LogP contribution is -2.36. The van der Waals surface area contributed by atoms with Crippen LogP contribution in [0.4, 0.5) is 5.69 Å². The molecule has 6 nitrogen and oxygen atoms in total. The topological polar surface area (TPSA) is 61.9 Å². The van der Waals surface area contributed by atoms with Crippen LogP contribution in [0.1, 0.15) is 11.6 Å². The smallest absolute Gasteiger partial charge is 0.213 e. The summed E-state index contributed by atoms with van der Waals surface area (Å²) >= 11 is 0. The normalized spacial score (nSPS) is 13.4. The summed E-state index contributed by atoms with van der Waals surface area (Å²) in [5.41, 5.74) is 2.19. The van der Waals surface area contributed by atoms with Crippen molar-refractivity contribution in [3.63, 3.8) is 0 Å². The van der Waals surface area contributed by atoms with Crippen molar-refractivity contribution in [1.29, 1.82) is 0 Å². The number of likely N-dealkylation sites (N-methyl/N-ethyl adjacent to an activating group) is 1. The summed E-state index contributed by atoms with van der Waals surface area (Å²) in [6.07, 6.45) is 0. The number of hydrogen-bond donors (Lipinski definition) is 1. The molecule has 0 aliphatic rings. The van der Waals surface area contributed by atoms with Gasteiger partial charge in [-0.05, 0) is 31.8 Å². The molecule has 0 fully saturated rings. The van der Waals surface area contributed by atoms with Gasteiger partial charge >= 0.3 is 0 Å². The summed E-state index contributed by atoms with van der Waals surface area (Å²) < 4.78 is 31.2. The van der Waals surface area contributed by atoms with Gasteiger partial charge in [-0.15, -0.1) is 0 Å². The van der Waals surface area contributed by atoms with Gasteiger partial charge in [-0.25, -0.2) is 13.1 Å². The molecule has 0 saturated carbocycles. The van der Waals surface area contributed by atoms with Gasteiger partial charge in [-0.3, -0.25) is 0 Å². The highest BCUT2D eigenvalue weighted by Gasteiger charge is 2.18. The molecule has 0 aromatic heterocycles. The largest absolute Gasteiger partial charge is 0.384 e. The third-order valence-corrected chi connectivity index (χ3v) is 4.78. The summed E-state index contributed by atoms with van der Waals surface area (Å²) in [5, 5.41) is 0. The molecule has 0 unspecified atom stereocenters. The molecule has 1 atom stereocenters. The molecule has 1 rings (SSSR count). The third-order valence-electron chi connectivity index (χ3n) is 3.47. The highest BCUT2D eigenvalue weighted by molar-refractivity contribution is 7.89. The molecule has 0 spiro atoms. The monoisotopic (exact) mass is 329 g/mol. The third kappa shape index (κ3) is 5.92. The first-order valence-electron chi connectivity index (χ1n) is 7.17. The second-order valence-electron chi connectivity index (χ2n) is 5.63. The van der Waals surface area contributed by atoms with E-state index in [1.165, 1.54) is 7.11 Å². The number of hydrogen-bond acceptors (Lipinski definition) is 5. The summed E-state index contributed by atoms with van der Waals surface area (Å²) in [5.74, 6) is -0.0246. The van der Waals surface area contributed by atoms with Crippen LogP contribution in [0.25, 0.3) is 0 Å². The van der Waals surface area contributed by atoms with Gasteiger partial charge in [-0.1, -0.05) is 12.1 Å². The minimum absolute atomic E-state index is 0.0199. The highest BCUT2D eigenvalue weighted by atomic mass is 32.2. The standard InChI is InChI=1S/C15H27N3O3S/c1-17(2)14-8-6-13(7-9-14)15(18(3)4)12-16-22(19,20)11-10-21-5/h6-9,15-16H,10-12H2,1-5H3/t15-/m1/s1. The Hall–Kier alpha value is -1.15. The zero-order chi connectivity index (χ0) is 16.8. The van der Waals surface area contributed by atoms with Crippen LogP contribution in [-0.4, -0.2) is 67.5 Å². The number of rotatable bonds is 9. The number of nitrogens with one attached hydrogen (secondary N) is 1. The first kappa shape index (κ1) is 18.9. The molecule has 22 heavy (non-hydrogen) atoms. The van der Waals surface area contributed by atoms with Gasteiger partial charge in [0.1, 0.15) is 0 Å². The maximum Gasteiger partial charge on any atom is 0.213 e. The Morgan fingerprint density at radius 2 is 1.73 bits per heavy atom. The fourth-order valence-corrected chi connectivity index (χ4v) is 3.01. The van der Waals surface area contributed by atoms with Gasteiger partial charge in [0.2, 0.25) is 10.0 Å². The molecular weight excluding hydrogens is 302 g/mol. The Balaban J connectivity index is 2.78. The molecule has 126 valence electrons. The number of methoxy groups -OCH3 is 1. The minimum Gasteiger partial charge on any atom is -0.384 e. The van der Waals surface area contributed by atoms with Crippen molar-refractivity contribution >= 4 is 15.7 Å². The number of benzene rings is 1. The van der Waals surface area contributed by atoms with Crippen LogP contribution in [0.5, 0.6) is 0 Å². The van der Waals surface area contributed by atoms with Gasteiger partial charge in [-0.2, -0.15) is 0 Å². The van der Waals surface area contributed by atoms with Crippen LogP contribution in [0.2, 0.25) is 0 Å². The maximum atomic E-state index is 11.9. The Morgan fingerprint density at radius 3 is 2.18 bits per heavy atom. The van der Waals surface area contributed by atoms with Crippen molar-refractivity contribution in [2.75, 3.05) is 59.1 Å². The van der Waals surface area contributed by atoms with Crippen molar-refractivity contribution in [2.24, 2.45) is 0 Å². The van der Waals surface area contributed by atoms with Crippen LogP contribution in [0, 0.1) is 0 Å². The van der Waals surface area contributed by atoms with Crippen LogP contribution in [0.15, 0.2) is 24.3 Å². The number of sulfonamides is 1. The molecular formula is C15H27N3O3S. The van der Waals surface area contributed by atoms with Gasteiger partial charge in [0.25, 0.3) is 0 Å². The predicted octanol–water partition coefficient (Wildman–Crippen LogP) is 0.921. The first-order valence-corrected chi connectivity index (χ1v) is 8.82. The van der Waals surface area contributed by atoms with Crippen molar-refractivity contribution in [2.45, 2.75) is 6.04 Å². The van der Waals surface area contributed by atoms with E-state index < -0.39 is 10.0 Å². The van der Waals surface area contributed by atoms with E-state index in [0.29, 0.717) is 6.54 Å². The molecule has 0 heterocycles. The van der Waals surface area contributed by atoms with Crippen LogP contribution >= 0.6 is 0 Å². The molecule has 1 aromatic carbocycles. The zero-order valence-corrected chi connectivity index (χ0v) is 14.9. The molecule has 0 aliphatic heterocycles. The zero-order valence-electron chi connectivity index (χ0n) is 14.0. The molecule has 0 bridgehead atoms. The fourth-order valence-electron chi connectivity index (χ4n) is 2.06. The number of nitrogens with zero attached hydrogens (tertiary/aromatic N) is 2. The quantitative estimate of drug-likeness (QED) is 0.730. The van der Waals surface area contributed by atoms with Crippen molar-refractivity contribution in [1.82, 2.24) is 9.62 Å². The summed E-state index contributed by atoms with van der Waals surface area (Å²) in [6.45, 7) is 0.528. The van der Waals surface area contributed by atoms with E-state index >= 15 is 0 Å².